The fraction of sp³-hybridized carbons (Fsp3) is 0.552. The van der Waals surface area contributed by atoms with Crippen LogP contribution in [0.5, 0.6) is 5.75 Å². The van der Waals surface area contributed by atoms with Gasteiger partial charge >= 0.3 is 12.1 Å². The molecule has 0 aliphatic carbocycles. The zero-order valence-electron chi connectivity index (χ0n) is 21.0. The SMILES string of the molecule is CCCCCCCOC(C(=O)Oc1ccc(-c2ccc(CCCCCCC)cc2)cc1)C(F)(F)F. The Hall–Kier alpha value is -2.34. The highest BCUT2D eigenvalue weighted by atomic mass is 19.4. The Morgan fingerprint density at radius 3 is 1.80 bits per heavy atom. The van der Waals surface area contributed by atoms with Crippen molar-refractivity contribution in [3.63, 3.8) is 0 Å². The highest BCUT2D eigenvalue weighted by Gasteiger charge is 2.47. The normalized spacial score (nSPS) is 12.5. The van der Waals surface area contributed by atoms with E-state index in [2.05, 4.69) is 26.0 Å². The maximum Gasteiger partial charge on any atom is 0.425 e. The largest absolute Gasteiger partial charge is 0.425 e. The molecule has 35 heavy (non-hydrogen) atoms. The van der Waals surface area contributed by atoms with E-state index in [-0.39, 0.29) is 12.4 Å². The second-order valence-corrected chi connectivity index (χ2v) is 9.01. The van der Waals surface area contributed by atoms with E-state index >= 15 is 0 Å². The average molecular weight is 493 g/mol. The van der Waals surface area contributed by atoms with Gasteiger partial charge in [-0.3, -0.25) is 0 Å². The van der Waals surface area contributed by atoms with Crippen LogP contribution in [0.15, 0.2) is 48.5 Å². The van der Waals surface area contributed by atoms with Crippen LogP contribution >= 0.6 is 0 Å². The van der Waals surface area contributed by atoms with Crippen LogP contribution < -0.4 is 4.74 Å². The van der Waals surface area contributed by atoms with Gasteiger partial charge in [-0.05, 0) is 48.1 Å². The van der Waals surface area contributed by atoms with Gasteiger partial charge in [-0.15, -0.1) is 0 Å². The van der Waals surface area contributed by atoms with Gasteiger partial charge < -0.3 is 9.47 Å². The molecule has 0 radical (unpaired) electrons. The van der Waals surface area contributed by atoms with Crippen LogP contribution in [0.1, 0.15) is 83.6 Å². The maximum atomic E-state index is 13.3. The van der Waals surface area contributed by atoms with Crippen molar-refractivity contribution in [3.8, 4) is 16.9 Å². The fourth-order valence-electron chi connectivity index (χ4n) is 3.88. The van der Waals surface area contributed by atoms with Gasteiger partial charge in [-0.25, -0.2) is 4.79 Å². The van der Waals surface area contributed by atoms with E-state index in [0.29, 0.717) is 6.42 Å². The molecule has 2 aromatic carbocycles. The van der Waals surface area contributed by atoms with Crippen molar-refractivity contribution >= 4 is 5.97 Å². The molecule has 3 nitrogen and oxygen atoms in total. The lowest BCUT2D eigenvalue weighted by atomic mass is 10.0. The van der Waals surface area contributed by atoms with E-state index in [1.165, 1.54) is 49.8 Å². The fourth-order valence-corrected chi connectivity index (χ4v) is 3.88. The monoisotopic (exact) mass is 492 g/mol. The van der Waals surface area contributed by atoms with Crippen molar-refractivity contribution < 1.29 is 27.4 Å². The minimum atomic E-state index is -4.82. The topological polar surface area (TPSA) is 35.5 Å². The number of carbonyl (C=O) groups is 1. The summed E-state index contributed by atoms with van der Waals surface area (Å²) in [6.07, 6.45) is 4.15. The number of ether oxygens (including phenoxy) is 2. The number of hydrogen-bond acceptors (Lipinski definition) is 3. The van der Waals surface area contributed by atoms with E-state index in [0.717, 1.165) is 43.2 Å². The van der Waals surface area contributed by atoms with E-state index in [4.69, 9.17) is 9.47 Å². The van der Waals surface area contributed by atoms with Gasteiger partial charge in [0.1, 0.15) is 5.75 Å². The lowest BCUT2D eigenvalue weighted by Crippen LogP contribution is -2.42. The van der Waals surface area contributed by atoms with Crippen LogP contribution in [0, 0.1) is 0 Å². The molecule has 6 heteroatoms. The third-order valence-corrected chi connectivity index (χ3v) is 5.97. The van der Waals surface area contributed by atoms with E-state index in [1.54, 1.807) is 12.1 Å². The van der Waals surface area contributed by atoms with Crippen molar-refractivity contribution in [1.82, 2.24) is 0 Å². The molecule has 0 fully saturated rings. The second-order valence-electron chi connectivity index (χ2n) is 9.01. The van der Waals surface area contributed by atoms with Gasteiger partial charge in [0.15, 0.2) is 0 Å². The predicted molar refractivity (Wildman–Crippen MR) is 135 cm³/mol. The van der Waals surface area contributed by atoms with Crippen LogP contribution in [0.25, 0.3) is 11.1 Å². The molecule has 194 valence electrons. The molecule has 0 aliphatic heterocycles. The minimum absolute atomic E-state index is 0.0586. The predicted octanol–water partition coefficient (Wildman–Crippen LogP) is 8.69. The van der Waals surface area contributed by atoms with Gasteiger partial charge in [0.25, 0.3) is 6.10 Å². The van der Waals surface area contributed by atoms with E-state index in [1.807, 2.05) is 12.1 Å². The molecule has 1 unspecified atom stereocenters. The van der Waals surface area contributed by atoms with Crippen molar-refractivity contribution in [2.24, 2.45) is 0 Å². The molecule has 0 N–H and O–H groups in total. The minimum Gasteiger partial charge on any atom is -0.424 e. The van der Waals surface area contributed by atoms with Gasteiger partial charge in [0.05, 0.1) is 0 Å². The van der Waals surface area contributed by atoms with Crippen LogP contribution in [0.2, 0.25) is 0 Å². The first-order chi connectivity index (χ1) is 16.8. The number of aryl methyl sites for hydroxylation is 1. The zero-order chi connectivity index (χ0) is 25.5. The first-order valence-electron chi connectivity index (χ1n) is 12.9. The van der Waals surface area contributed by atoms with Crippen molar-refractivity contribution in [2.45, 2.75) is 96.8 Å². The summed E-state index contributed by atoms with van der Waals surface area (Å²) in [7, 11) is 0. The quantitative estimate of drug-likeness (QED) is 0.134. The highest BCUT2D eigenvalue weighted by molar-refractivity contribution is 5.78. The molecule has 0 bridgehead atoms. The Kier molecular flexibility index (Phi) is 12.9. The Bertz CT molecular complexity index is 845. The smallest absolute Gasteiger partial charge is 0.424 e. The molecule has 0 saturated heterocycles. The van der Waals surface area contributed by atoms with Crippen molar-refractivity contribution in [2.75, 3.05) is 6.61 Å². The molecule has 0 aliphatic rings. The zero-order valence-corrected chi connectivity index (χ0v) is 21.0. The number of rotatable bonds is 16. The number of carbonyl (C=O) groups excluding carboxylic acids is 1. The maximum absolute atomic E-state index is 13.3. The van der Waals surface area contributed by atoms with Gasteiger partial charge in [0, 0.05) is 6.61 Å². The number of hydrogen-bond donors (Lipinski definition) is 0. The third-order valence-electron chi connectivity index (χ3n) is 5.97. The molecule has 1 atom stereocenters. The van der Waals surface area contributed by atoms with Crippen LogP contribution in [-0.4, -0.2) is 24.9 Å². The van der Waals surface area contributed by atoms with Crippen LogP contribution in [0.3, 0.4) is 0 Å². The number of halogens is 3. The van der Waals surface area contributed by atoms with Crippen LogP contribution in [0.4, 0.5) is 13.2 Å². The summed E-state index contributed by atoms with van der Waals surface area (Å²) >= 11 is 0. The number of benzene rings is 2. The highest BCUT2D eigenvalue weighted by Crippen LogP contribution is 2.27. The third kappa shape index (κ3) is 10.9. The molecule has 0 aromatic heterocycles. The van der Waals surface area contributed by atoms with Crippen LogP contribution in [-0.2, 0) is 16.0 Å². The molecule has 0 saturated carbocycles. The van der Waals surface area contributed by atoms with Gasteiger partial charge in [0.2, 0.25) is 0 Å². The number of esters is 1. The summed E-state index contributed by atoms with van der Waals surface area (Å²) < 4.78 is 49.9. The molecule has 2 rings (SSSR count). The summed E-state index contributed by atoms with van der Waals surface area (Å²) in [5.41, 5.74) is 3.19. The Morgan fingerprint density at radius 1 is 0.743 bits per heavy atom. The van der Waals surface area contributed by atoms with Crippen molar-refractivity contribution in [1.29, 1.82) is 0 Å². The second kappa shape index (κ2) is 15.6. The van der Waals surface area contributed by atoms with E-state index in [9.17, 15) is 18.0 Å². The van der Waals surface area contributed by atoms with E-state index < -0.39 is 18.2 Å². The summed E-state index contributed by atoms with van der Waals surface area (Å²) in [5, 5.41) is 0. The summed E-state index contributed by atoms with van der Waals surface area (Å²) in [6, 6.07) is 14.8. The molecule has 0 amide bonds. The molecular formula is C29H39F3O3. The van der Waals surface area contributed by atoms with Gasteiger partial charge in [-0.1, -0.05) is 102 Å². The number of alkyl halides is 3. The average Bonchev–Trinajstić information content (AvgIpc) is 2.83. The summed E-state index contributed by atoms with van der Waals surface area (Å²) in [6.45, 7) is 4.14. The van der Waals surface area contributed by atoms with Crippen molar-refractivity contribution in [3.05, 3.63) is 54.1 Å². The number of unbranched alkanes of at least 4 members (excludes halogenated alkanes) is 8. The van der Waals surface area contributed by atoms with Gasteiger partial charge in [-0.2, -0.15) is 13.2 Å². The summed E-state index contributed by atoms with van der Waals surface area (Å²) in [4.78, 5) is 12.2. The first-order valence-corrected chi connectivity index (χ1v) is 12.9. The first kappa shape index (κ1) is 28.9. The Labute approximate surface area is 208 Å². The lowest BCUT2D eigenvalue weighted by Gasteiger charge is -2.19. The standard InChI is InChI=1S/C29H39F3O3/c1-3-5-7-9-11-13-23-14-16-24(17-15-23)25-18-20-26(21-19-25)35-28(33)27(29(30,31)32)34-22-12-10-8-6-4-2/h14-21,27H,3-13,22H2,1-2H3. The lowest BCUT2D eigenvalue weighted by molar-refractivity contribution is -0.225. The Morgan fingerprint density at radius 2 is 1.26 bits per heavy atom. The summed E-state index contributed by atoms with van der Waals surface area (Å²) in [5.74, 6) is -1.38. The molecule has 0 spiro atoms. The molecular weight excluding hydrogens is 453 g/mol. The molecule has 2 aromatic rings. The Balaban J connectivity index is 1.88. The molecule has 0 heterocycles.